The standard InChI is InChI=1S/C17H24N2/c1-3-4-5-6-11-18-14-15-9-10-17-16(13-15)8-7-12-19(17)2/h1,9-10,13,18H,4-8,11-12,14H2,2H3. The molecule has 0 unspecified atom stereocenters. The van der Waals surface area contributed by atoms with Gasteiger partial charge in [-0.3, -0.25) is 0 Å². The summed E-state index contributed by atoms with van der Waals surface area (Å²) in [5, 5.41) is 3.50. The minimum Gasteiger partial charge on any atom is -0.374 e. The van der Waals surface area contributed by atoms with Gasteiger partial charge in [0, 0.05) is 32.2 Å². The fraction of sp³-hybridized carbons (Fsp3) is 0.529. The molecule has 1 aliphatic rings. The van der Waals surface area contributed by atoms with Crippen molar-refractivity contribution in [2.24, 2.45) is 0 Å². The van der Waals surface area contributed by atoms with E-state index in [1.807, 2.05) is 0 Å². The van der Waals surface area contributed by atoms with Crippen molar-refractivity contribution < 1.29 is 0 Å². The molecule has 19 heavy (non-hydrogen) atoms. The lowest BCUT2D eigenvalue weighted by molar-refractivity contribution is 0.629. The van der Waals surface area contributed by atoms with Crippen molar-refractivity contribution in [1.82, 2.24) is 5.32 Å². The van der Waals surface area contributed by atoms with Crippen LogP contribution < -0.4 is 10.2 Å². The van der Waals surface area contributed by atoms with Gasteiger partial charge in [0.25, 0.3) is 0 Å². The predicted octanol–water partition coefficient (Wildman–Crippen LogP) is 2.96. The molecule has 0 saturated carbocycles. The van der Waals surface area contributed by atoms with Crippen LogP contribution in [0.5, 0.6) is 0 Å². The van der Waals surface area contributed by atoms with E-state index in [0.29, 0.717) is 0 Å². The van der Waals surface area contributed by atoms with E-state index in [0.717, 1.165) is 32.4 Å². The zero-order chi connectivity index (χ0) is 13.5. The summed E-state index contributed by atoms with van der Waals surface area (Å²) in [7, 11) is 2.18. The van der Waals surface area contributed by atoms with Crippen molar-refractivity contribution in [2.45, 2.75) is 38.6 Å². The van der Waals surface area contributed by atoms with Crippen LogP contribution in [0.15, 0.2) is 18.2 Å². The van der Waals surface area contributed by atoms with E-state index < -0.39 is 0 Å². The lowest BCUT2D eigenvalue weighted by Crippen LogP contribution is -2.25. The molecule has 2 heteroatoms. The van der Waals surface area contributed by atoms with E-state index in [1.54, 1.807) is 0 Å². The molecule has 0 atom stereocenters. The van der Waals surface area contributed by atoms with Crippen LogP contribution >= 0.6 is 0 Å². The topological polar surface area (TPSA) is 15.3 Å². The van der Waals surface area contributed by atoms with Crippen LogP contribution in [0, 0.1) is 12.3 Å². The molecule has 0 aromatic heterocycles. The fourth-order valence-electron chi connectivity index (χ4n) is 2.66. The Kier molecular flexibility index (Phi) is 5.30. The molecule has 1 heterocycles. The highest BCUT2D eigenvalue weighted by Gasteiger charge is 2.13. The van der Waals surface area contributed by atoms with Crippen molar-refractivity contribution in [3.63, 3.8) is 0 Å². The number of anilines is 1. The van der Waals surface area contributed by atoms with E-state index in [4.69, 9.17) is 6.42 Å². The second kappa shape index (κ2) is 7.21. The molecule has 102 valence electrons. The number of terminal acetylenes is 1. The first-order valence-electron chi connectivity index (χ1n) is 7.28. The van der Waals surface area contributed by atoms with Crippen LogP contribution in [0.3, 0.4) is 0 Å². The third-order valence-electron chi connectivity index (χ3n) is 3.75. The van der Waals surface area contributed by atoms with Gasteiger partial charge in [-0.2, -0.15) is 0 Å². The van der Waals surface area contributed by atoms with Gasteiger partial charge < -0.3 is 10.2 Å². The van der Waals surface area contributed by atoms with Gasteiger partial charge in [0.2, 0.25) is 0 Å². The monoisotopic (exact) mass is 256 g/mol. The van der Waals surface area contributed by atoms with Crippen LogP contribution in [-0.4, -0.2) is 20.1 Å². The van der Waals surface area contributed by atoms with Crippen molar-refractivity contribution in [1.29, 1.82) is 0 Å². The van der Waals surface area contributed by atoms with Crippen molar-refractivity contribution in [3.8, 4) is 12.3 Å². The van der Waals surface area contributed by atoms with Crippen LogP contribution in [0.1, 0.15) is 36.8 Å². The summed E-state index contributed by atoms with van der Waals surface area (Å²) in [6.45, 7) is 3.20. The molecule has 0 spiro atoms. The molecular formula is C17H24N2. The van der Waals surface area contributed by atoms with E-state index in [1.165, 1.54) is 36.2 Å². The van der Waals surface area contributed by atoms with Gasteiger partial charge >= 0.3 is 0 Å². The third kappa shape index (κ3) is 4.01. The van der Waals surface area contributed by atoms with E-state index >= 15 is 0 Å². The number of benzene rings is 1. The molecule has 0 bridgehead atoms. The first-order chi connectivity index (χ1) is 9.31. The number of hydrogen-bond donors (Lipinski definition) is 1. The zero-order valence-corrected chi connectivity index (χ0v) is 11.9. The molecule has 1 aromatic rings. The van der Waals surface area contributed by atoms with Crippen molar-refractivity contribution in [3.05, 3.63) is 29.3 Å². The Labute approximate surface area is 117 Å². The minimum absolute atomic E-state index is 0.896. The molecule has 0 fully saturated rings. The summed E-state index contributed by atoms with van der Waals surface area (Å²) in [5.74, 6) is 2.68. The Morgan fingerprint density at radius 2 is 2.26 bits per heavy atom. The maximum Gasteiger partial charge on any atom is 0.0396 e. The van der Waals surface area contributed by atoms with Gasteiger partial charge in [-0.1, -0.05) is 12.1 Å². The number of aryl methyl sites for hydroxylation is 1. The molecule has 2 rings (SSSR count). The van der Waals surface area contributed by atoms with Crippen molar-refractivity contribution in [2.75, 3.05) is 25.0 Å². The van der Waals surface area contributed by atoms with Gasteiger partial charge in [0.15, 0.2) is 0 Å². The maximum atomic E-state index is 5.24. The summed E-state index contributed by atoms with van der Waals surface area (Å²) in [5.41, 5.74) is 4.30. The molecule has 1 aromatic carbocycles. The number of hydrogen-bond acceptors (Lipinski definition) is 2. The summed E-state index contributed by atoms with van der Waals surface area (Å²) in [4.78, 5) is 2.36. The van der Waals surface area contributed by atoms with Gasteiger partial charge in [-0.05, 0) is 49.4 Å². The van der Waals surface area contributed by atoms with Gasteiger partial charge in [0.05, 0.1) is 0 Å². The number of fused-ring (bicyclic) bond motifs is 1. The van der Waals surface area contributed by atoms with E-state index in [-0.39, 0.29) is 0 Å². The van der Waals surface area contributed by atoms with E-state index in [9.17, 15) is 0 Å². The molecule has 0 radical (unpaired) electrons. The zero-order valence-electron chi connectivity index (χ0n) is 11.9. The van der Waals surface area contributed by atoms with Gasteiger partial charge in [-0.15, -0.1) is 12.3 Å². The number of unbranched alkanes of at least 4 members (excludes halogenated alkanes) is 2. The number of nitrogens with one attached hydrogen (secondary N) is 1. The van der Waals surface area contributed by atoms with Crippen molar-refractivity contribution >= 4 is 5.69 Å². The predicted molar refractivity (Wildman–Crippen MR) is 82.4 cm³/mol. The molecule has 2 nitrogen and oxygen atoms in total. The quantitative estimate of drug-likeness (QED) is 0.622. The third-order valence-corrected chi connectivity index (χ3v) is 3.75. The lowest BCUT2D eigenvalue weighted by atomic mass is 9.99. The summed E-state index contributed by atoms with van der Waals surface area (Å²) in [6.07, 6.45) is 10.9. The number of rotatable bonds is 6. The van der Waals surface area contributed by atoms with Gasteiger partial charge in [0.1, 0.15) is 0 Å². The maximum absolute atomic E-state index is 5.24. The summed E-state index contributed by atoms with van der Waals surface area (Å²) >= 11 is 0. The Morgan fingerprint density at radius 3 is 3.11 bits per heavy atom. The van der Waals surface area contributed by atoms with Crippen LogP contribution in [0.4, 0.5) is 5.69 Å². The van der Waals surface area contributed by atoms with Crippen LogP contribution in [-0.2, 0) is 13.0 Å². The van der Waals surface area contributed by atoms with Crippen LogP contribution in [0.2, 0.25) is 0 Å². The first kappa shape index (κ1) is 14.0. The first-order valence-corrected chi connectivity index (χ1v) is 7.28. The normalized spacial score (nSPS) is 14.0. The Hall–Kier alpha value is -1.46. The second-order valence-electron chi connectivity index (χ2n) is 5.33. The average molecular weight is 256 g/mol. The minimum atomic E-state index is 0.896. The Balaban J connectivity index is 1.80. The second-order valence-corrected chi connectivity index (χ2v) is 5.33. The highest BCUT2D eigenvalue weighted by Crippen LogP contribution is 2.26. The fourth-order valence-corrected chi connectivity index (χ4v) is 2.66. The highest BCUT2D eigenvalue weighted by atomic mass is 15.1. The Bertz CT molecular complexity index is 445. The molecular weight excluding hydrogens is 232 g/mol. The van der Waals surface area contributed by atoms with Gasteiger partial charge in [-0.25, -0.2) is 0 Å². The van der Waals surface area contributed by atoms with E-state index in [2.05, 4.69) is 41.4 Å². The summed E-state index contributed by atoms with van der Waals surface area (Å²) in [6, 6.07) is 6.87. The Morgan fingerprint density at radius 1 is 1.37 bits per heavy atom. The number of nitrogens with zero attached hydrogens (tertiary/aromatic N) is 1. The molecule has 0 amide bonds. The molecule has 0 saturated heterocycles. The molecule has 1 N–H and O–H groups in total. The highest BCUT2D eigenvalue weighted by molar-refractivity contribution is 5.56. The summed E-state index contributed by atoms with van der Waals surface area (Å²) < 4.78 is 0. The smallest absolute Gasteiger partial charge is 0.0396 e. The molecule has 1 aliphatic heterocycles. The molecule has 0 aliphatic carbocycles. The average Bonchev–Trinajstić information content (AvgIpc) is 2.43. The van der Waals surface area contributed by atoms with Crippen LogP contribution in [0.25, 0.3) is 0 Å². The largest absolute Gasteiger partial charge is 0.374 e. The lowest BCUT2D eigenvalue weighted by Gasteiger charge is -2.27. The SMILES string of the molecule is C#CCCCCNCc1ccc2c(c1)CCCN2C.